The number of hydrogen-bond donors (Lipinski definition) is 0. The van der Waals surface area contributed by atoms with E-state index in [1.54, 1.807) is 25.3 Å². The highest BCUT2D eigenvalue weighted by molar-refractivity contribution is 7.92. The number of ether oxygens (including phenoxy) is 2. The SMILES string of the molecule is C=C1CC[C@H]2C(C)(C)CCC[C@]2(C)[C@H]1CCC1=CC=C(C(=O)CS(=O)(=O)c2ccccc2)[C@@H](COCOC)C1. The number of ketones is 1. The van der Waals surface area contributed by atoms with Crippen molar-refractivity contribution in [3.63, 3.8) is 0 Å². The molecular formula is C33H46O5S. The molecule has 4 rings (SSSR count). The lowest BCUT2D eigenvalue weighted by molar-refractivity contribution is -0.114. The average molecular weight is 555 g/mol. The van der Waals surface area contributed by atoms with Gasteiger partial charge in [-0.25, -0.2) is 8.42 Å². The molecule has 0 bridgehead atoms. The topological polar surface area (TPSA) is 69.7 Å². The molecule has 4 atom stereocenters. The fraction of sp³-hybridized carbons (Fsp3) is 0.606. The van der Waals surface area contributed by atoms with Crippen LogP contribution in [0.15, 0.2) is 70.7 Å². The third-order valence-corrected chi connectivity index (χ3v) is 11.4. The third-order valence-electron chi connectivity index (χ3n) is 9.79. The molecule has 0 heterocycles. The first-order valence-corrected chi connectivity index (χ1v) is 16.1. The maximum atomic E-state index is 13.3. The summed E-state index contributed by atoms with van der Waals surface area (Å²) < 4.78 is 36.5. The fourth-order valence-electron chi connectivity index (χ4n) is 7.87. The Kier molecular flexibility index (Phi) is 9.40. The summed E-state index contributed by atoms with van der Waals surface area (Å²) >= 11 is 0. The quantitative estimate of drug-likeness (QED) is 0.166. The lowest BCUT2D eigenvalue weighted by Gasteiger charge is -2.58. The van der Waals surface area contributed by atoms with Crippen LogP contribution in [0.3, 0.4) is 0 Å². The van der Waals surface area contributed by atoms with Crippen LogP contribution >= 0.6 is 0 Å². The summed E-state index contributed by atoms with van der Waals surface area (Å²) in [6.07, 6.45) is 12.8. The van der Waals surface area contributed by atoms with Gasteiger partial charge < -0.3 is 9.47 Å². The second-order valence-corrected chi connectivity index (χ2v) is 14.8. The molecule has 0 unspecified atom stereocenters. The van der Waals surface area contributed by atoms with Crippen LogP contribution in [-0.4, -0.2) is 40.5 Å². The van der Waals surface area contributed by atoms with E-state index in [2.05, 4.69) is 27.4 Å². The smallest absolute Gasteiger partial charge is 0.185 e. The van der Waals surface area contributed by atoms with Crippen LogP contribution in [0.25, 0.3) is 0 Å². The van der Waals surface area contributed by atoms with Gasteiger partial charge in [0.25, 0.3) is 0 Å². The number of carbonyl (C=O) groups is 1. The number of methoxy groups -OCH3 is 1. The number of sulfone groups is 1. The minimum absolute atomic E-state index is 0.136. The lowest BCUT2D eigenvalue weighted by Crippen LogP contribution is -2.49. The molecule has 2 saturated carbocycles. The van der Waals surface area contributed by atoms with Crippen LogP contribution < -0.4 is 0 Å². The molecule has 0 radical (unpaired) electrons. The average Bonchev–Trinajstić information content (AvgIpc) is 2.88. The molecule has 1 aromatic rings. The van der Waals surface area contributed by atoms with Gasteiger partial charge >= 0.3 is 0 Å². The Morgan fingerprint density at radius 1 is 1.10 bits per heavy atom. The number of Topliss-reactive ketones (excluding diaryl/α,β-unsaturated/α-hetero) is 1. The molecule has 0 aliphatic heterocycles. The van der Waals surface area contributed by atoms with Crippen LogP contribution in [-0.2, 0) is 24.1 Å². The molecule has 39 heavy (non-hydrogen) atoms. The maximum absolute atomic E-state index is 13.3. The molecule has 214 valence electrons. The van der Waals surface area contributed by atoms with E-state index in [9.17, 15) is 13.2 Å². The predicted molar refractivity (Wildman–Crippen MR) is 156 cm³/mol. The van der Waals surface area contributed by atoms with E-state index in [1.807, 2.05) is 12.2 Å². The first-order chi connectivity index (χ1) is 18.5. The van der Waals surface area contributed by atoms with Crippen molar-refractivity contribution in [1.29, 1.82) is 0 Å². The van der Waals surface area contributed by atoms with Gasteiger partial charge in [0, 0.05) is 18.6 Å². The van der Waals surface area contributed by atoms with Crippen molar-refractivity contribution in [3.05, 3.63) is 65.8 Å². The van der Waals surface area contributed by atoms with Gasteiger partial charge in [-0.15, -0.1) is 0 Å². The zero-order valence-electron chi connectivity index (χ0n) is 24.2. The van der Waals surface area contributed by atoms with Gasteiger partial charge in [-0.1, -0.05) is 75.3 Å². The Bertz CT molecular complexity index is 1210. The predicted octanol–water partition coefficient (Wildman–Crippen LogP) is 7.10. The number of hydrogen-bond acceptors (Lipinski definition) is 5. The van der Waals surface area contributed by atoms with Crippen LogP contribution in [0.5, 0.6) is 0 Å². The summed E-state index contributed by atoms with van der Waals surface area (Å²) in [5.41, 5.74) is 3.88. The van der Waals surface area contributed by atoms with Gasteiger partial charge in [0.1, 0.15) is 12.5 Å². The number of fused-ring (bicyclic) bond motifs is 1. The number of allylic oxidation sites excluding steroid dienone is 4. The zero-order chi connectivity index (χ0) is 28.3. The van der Waals surface area contributed by atoms with Gasteiger partial charge in [0.05, 0.1) is 11.5 Å². The molecule has 0 N–H and O–H groups in total. The van der Waals surface area contributed by atoms with Gasteiger partial charge in [0.2, 0.25) is 0 Å². The monoisotopic (exact) mass is 554 g/mol. The van der Waals surface area contributed by atoms with E-state index in [0.29, 0.717) is 29.9 Å². The second-order valence-electron chi connectivity index (χ2n) is 12.8. The molecule has 0 saturated heterocycles. The summed E-state index contributed by atoms with van der Waals surface area (Å²) in [6.45, 7) is 12.4. The van der Waals surface area contributed by atoms with E-state index < -0.39 is 15.6 Å². The van der Waals surface area contributed by atoms with Crippen molar-refractivity contribution in [1.82, 2.24) is 0 Å². The molecule has 2 fully saturated rings. The van der Waals surface area contributed by atoms with Gasteiger partial charge in [0.15, 0.2) is 15.6 Å². The number of carbonyl (C=O) groups excluding carboxylic acids is 1. The van der Waals surface area contributed by atoms with Crippen LogP contribution in [0.1, 0.15) is 72.1 Å². The third kappa shape index (κ3) is 6.66. The van der Waals surface area contributed by atoms with Crippen molar-refractivity contribution in [2.24, 2.45) is 28.6 Å². The minimum atomic E-state index is -3.72. The second kappa shape index (κ2) is 12.2. The molecule has 6 heteroatoms. The molecule has 0 amide bonds. The Hall–Kier alpha value is -2.02. The van der Waals surface area contributed by atoms with Gasteiger partial charge in [-0.3, -0.25) is 4.79 Å². The number of rotatable bonds is 11. The van der Waals surface area contributed by atoms with E-state index in [0.717, 1.165) is 25.2 Å². The van der Waals surface area contributed by atoms with Crippen molar-refractivity contribution in [2.45, 2.75) is 77.0 Å². The van der Waals surface area contributed by atoms with Crippen LogP contribution in [0.4, 0.5) is 0 Å². The Morgan fingerprint density at radius 3 is 2.56 bits per heavy atom. The van der Waals surface area contributed by atoms with Crippen molar-refractivity contribution >= 4 is 15.6 Å². The highest BCUT2D eigenvalue weighted by Gasteiger charge is 2.52. The Morgan fingerprint density at radius 2 is 1.85 bits per heavy atom. The van der Waals surface area contributed by atoms with E-state index in [-0.39, 0.29) is 28.8 Å². The minimum Gasteiger partial charge on any atom is -0.359 e. The normalized spacial score (nSPS) is 28.8. The van der Waals surface area contributed by atoms with Crippen molar-refractivity contribution in [2.75, 3.05) is 26.3 Å². The molecule has 3 aliphatic rings. The summed E-state index contributed by atoms with van der Waals surface area (Å²) in [4.78, 5) is 13.4. The Labute approximate surface area is 235 Å². The van der Waals surface area contributed by atoms with Crippen molar-refractivity contribution < 1.29 is 22.7 Å². The first-order valence-electron chi connectivity index (χ1n) is 14.4. The highest BCUT2D eigenvalue weighted by Crippen LogP contribution is 2.61. The van der Waals surface area contributed by atoms with E-state index in [4.69, 9.17) is 9.47 Å². The summed E-state index contributed by atoms with van der Waals surface area (Å²) in [5.74, 6) is 0.138. The molecule has 3 aliphatic carbocycles. The summed E-state index contributed by atoms with van der Waals surface area (Å²) in [5, 5.41) is 0. The molecule has 0 spiro atoms. The van der Waals surface area contributed by atoms with Gasteiger partial charge in [-0.2, -0.15) is 0 Å². The first kappa shape index (κ1) is 30.0. The van der Waals surface area contributed by atoms with Crippen molar-refractivity contribution in [3.8, 4) is 0 Å². The van der Waals surface area contributed by atoms with Gasteiger partial charge in [-0.05, 0) is 79.7 Å². The highest BCUT2D eigenvalue weighted by atomic mass is 32.2. The molecule has 5 nitrogen and oxygen atoms in total. The molecular weight excluding hydrogens is 508 g/mol. The van der Waals surface area contributed by atoms with E-state index >= 15 is 0 Å². The summed E-state index contributed by atoms with van der Waals surface area (Å²) in [7, 11) is -2.15. The largest absolute Gasteiger partial charge is 0.359 e. The molecule has 0 aromatic heterocycles. The zero-order valence-corrected chi connectivity index (χ0v) is 25.0. The number of benzene rings is 1. The Balaban J connectivity index is 1.50. The summed E-state index contributed by atoms with van der Waals surface area (Å²) in [6, 6.07) is 8.18. The lowest BCUT2D eigenvalue weighted by atomic mass is 9.47. The van der Waals surface area contributed by atoms with Crippen LogP contribution in [0.2, 0.25) is 0 Å². The fourth-order valence-corrected chi connectivity index (χ4v) is 9.12. The van der Waals surface area contributed by atoms with Crippen LogP contribution in [0, 0.1) is 28.6 Å². The maximum Gasteiger partial charge on any atom is 0.185 e. The van der Waals surface area contributed by atoms with E-state index in [1.165, 1.54) is 49.0 Å². The standard InChI is InChI=1S/C33H46O5S/c1-24-12-17-31-32(2,3)18-9-19-33(31,4)29(24)16-14-25-13-15-28(26(20-25)21-38-23-37-5)30(34)22-39(35,36)27-10-7-6-8-11-27/h6-8,10-11,13,15,26,29,31H,1,9,12,14,16-23H2,2-5H3/t26-,29+,31+,33-/m1/s1. The molecule has 1 aromatic carbocycles.